The van der Waals surface area contributed by atoms with E-state index in [4.69, 9.17) is 4.89 Å². The number of halogens is 3. The lowest BCUT2D eigenvalue weighted by molar-refractivity contribution is -0.137. The van der Waals surface area contributed by atoms with Crippen molar-refractivity contribution < 1.29 is 32.5 Å². The first-order valence-corrected chi connectivity index (χ1v) is 14.8. The van der Waals surface area contributed by atoms with Gasteiger partial charge in [0.25, 0.3) is 5.91 Å². The number of carbonyl (C=O) groups is 1. The molecule has 0 bridgehead atoms. The van der Waals surface area contributed by atoms with Gasteiger partial charge in [-0.25, -0.2) is 4.98 Å². The molecule has 1 aliphatic carbocycles. The van der Waals surface area contributed by atoms with Crippen LogP contribution in [-0.4, -0.2) is 43.4 Å². The van der Waals surface area contributed by atoms with Crippen LogP contribution in [0.1, 0.15) is 71.1 Å². The maximum absolute atomic E-state index is 14.0. The molecule has 0 radical (unpaired) electrons. The molecular formula is C28H31F3N5O4P. The van der Waals surface area contributed by atoms with Crippen LogP contribution in [0, 0.1) is 0 Å². The first-order chi connectivity index (χ1) is 19.3. The number of carbonyl (C=O) groups excluding carboxylic acids is 1. The second-order valence-electron chi connectivity index (χ2n) is 11.0. The molecule has 2 heterocycles. The molecule has 218 valence electrons. The van der Waals surface area contributed by atoms with Crippen molar-refractivity contribution in [3.05, 3.63) is 70.4 Å². The van der Waals surface area contributed by atoms with Crippen molar-refractivity contribution >= 4 is 37.1 Å². The lowest BCUT2D eigenvalue weighted by Crippen LogP contribution is -2.29. The fraction of sp³-hybridized carbons (Fsp3) is 0.393. The number of aromatic nitrogens is 2. The van der Waals surface area contributed by atoms with Gasteiger partial charge >= 0.3 is 6.18 Å². The Morgan fingerprint density at radius 1 is 1.12 bits per heavy atom. The van der Waals surface area contributed by atoms with Crippen molar-refractivity contribution in [3.63, 3.8) is 0 Å². The number of nitrogens with zero attached hydrogens (tertiary/aromatic N) is 3. The van der Waals surface area contributed by atoms with Crippen LogP contribution >= 0.6 is 8.03 Å². The van der Waals surface area contributed by atoms with Gasteiger partial charge in [0.1, 0.15) is 11.4 Å². The molecular weight excluding hydrogens is 558 g/mol. The minimum absolute atomic E-state index is 0.0222. The summed E-state index contributed by atoms with van der Waals surface area (Å²) in [4.78, 5) is 31.8. The largest absolute Gasteiger partial charge is 0.421 e. The molecule has 0 saturated heterocycles. The first kappa shape index (κ1) is 29.0. The van der Waals surface area contributed by atoms with E-state index in [9.17, 15) is 27.6 Å². The number of hydrogen-bond acceptors (Lipinski definition) is 7. The lowest BCUT2D eigenvalue weighted by Gasteiger charge is -2.34. The van der Waals surface area contributed by atoms with E-state index in [2.05, 4.69) is 20.6 Å². The summed E-state index contributed by atoms with van der Waals surface area (Å²) in [7, 11) is -1.03. The van der Waals surface area contributed by atoms with Crippen LogP contribution in [0.15, 0.2) is 42.6 Å². The van der Waals surface area contributed by atoms with Gasteiger partial charge in [-0.05, 0) is 73.4 Å². The highest BCUT2D eigenvalue weighted by Crippen LogP contribution is 2.44. The zero-order valence-electron chi connectivity index (χ0n) is 22.5. The van der Waals surface area contributed by atoms with Gasteiger partial charge in [0.2, 0.25) is 5.95 Å². The van der Waals surface area contributed by atoms with E-state index >= 15 is 0 Å². The van der Waals surface area contributed by atoms with E-state index in [1.54, 1.807) is 37.4 Å². The molecule has 1 unspecified atom stereocenters. The van der Waals surface area contributed by atoms with Gasteiger partial charge in [-0.2, -0.15) is 18.2 Å². The third-order valence-electron chi connectivity index (χ3n) is 7.72. The minimum atomic E-state index is -4.76. The van der Waals surface area contributed by atoms with Gasteiger partial charge in [0.05, 0.1) is 16.9 Å². The van der Waals surface area contributed by atoms with Gasteiger partial charge in [-0.15, -0.1) is 0 Å². The molecule has 4 N–H and O–H groups in total. The van der Waals surface area contributed by atoms with Crippen molar-refractivity contribution in [3.8, 4) is 0 Å². The highest BCUT2D eigenvalue weighted by Gasteiger charge is 2.38. The molecule has 2 aliphatic rings. The quantitative estimate of drug-likeness (QED) is 0.249. The Balaban J connectivity index is 1.47. The van der Waals surface area contributed by atoms with E-state index < -0.39 is 31.2 Å². The van der Waals surface area contributed by atoms with Crippen molar-refractivity contribution in [1.82, 2.24) is 14.9 Å². The van der Waals surface area contributed by atoms with Crippen LogP contribution in [0.5, 0.6) is 0 Å². The topological polar surface area (TPSA) is 128 Å². The molecule has 1 aromatic heterocycles. The Hall–Kier alpha value is -3.47. The number of anilines is 4. The minimum Gasteiger partial charge on any atom is -0.390 e. The van der Waals surface area contributed by atoms with Gasteiger partial charge in [-0.1, -0.05) is 18.2 Å². The average Bonchev–Trinajstić information content (AvgIpc) is 3.19. The summed E-state index contributed by atoms with van der Waals surface area (Å²) in [6.45, 7) is 2.16. The SMILES string of the molecule is CN1Cc2c(C3CCC(C)(O)CC3)ccc(Nc3nc(Nc4ccc(C[PH](=O)O)cc4)ncc3C(F)(F)F)c2C1=O. The van der Waals surface area contributed by atoms with Gasteiger partial charge in [0, 0.05) is 31.6 Å². The number of amides is 1. The molecule has 1 saturated carbocycles. The van der Waals surface area contributed by atoms with E-state index in [-0.39, 0.29) is 29.6 Å². The highest BCUT2D eigenvalue weighted by atomic mass is 31.1. The summed E-state index contributed by atoms with van der Waals surface area (Å²) in [6.07, 6.45) is -1.28. The molecule has 3 aromatic rings. The van der Waals surface area contributed by atoms with Crippen LogP contribution in [0.4, 0.5) is 36.3 Å². The average molecular weight is 590 g/mol. The monoisotopic (exact) mass is 589 g/mol. The molecule has 1 fully saturated rings. The molecule has 1 atom stereocenters. The van der Waals surface area contributed by atoms with Crippen LogP contribution < -0.4 is 10.6 Å². The molecule has 13 heteroatoms. The number of nitrogens with one attached hydrogen (secondary N) is 2. The standard InChI is InChI=1S/C28H31F3N5O4P/c1-27(38)11-9-17(10-12-27)19-7-8-22(23-20(19)14-36(2)25(23)37)34-24-21(28(29,30)31)13-32-26(35-24)33-18-5-3-16(4-6-18)15-41(39)40/h3-8,13,17,38,41H,9-12,14-15H2,1-2H3,(H,39,40)(H2,32,33,34,35). The van der Waals surface area contributed by atoms with E-state index in [1.807, 2.05) is 13.0 Å². The number of rotatable bonds is 7. The molecule has 2 aromatic carbocycles. The smallest absolute Gasteiger partial charge is 0.390 e. The van der Waals surface area contributed by atoms with Crippen molar-refractivity contribution in [2.45, 2.75) is 63.0 Å². The molecule has 1 aliphatic heterocycles. The predicted octanol–water partition coefficient (Wildman–Crippen LogP) is 5.94. The van der Waals surface area contributed by atoms with Crippen LogP contribution in [-0.2, 0) is 23.4 Å². The molecule has 1 amide bonds. The molecule has 0 spiro atoms. The summed E-state index contributed by atoms with van der Waals surface area (Å²) < 4.78 is 53.0. The Morgan fingerprint density at radius 2 is 1.80 bits per heavy atom. The number of aliphatic hydroxyl groups is 1. The first-order valence-electron chi connectivity index (χ1n) is 13.2. The Morgan fingerprint density at radius 3 is 2.44 bits per heavy atom. The van der Waals surface area contributed by atoms with Gasteiger partial charge in [-0.3, -0.25) is 9.36 Å². The Kier molecular flexibility index (Phi) is 7.84. The predicted molar refractivity (Wildman–Crippen MR) is 149 cm³/mol. The van der Waals surface area contributed by atoms with Crippen molar-refractivity contribution in [1.29, 1.82) is 0 Å². The van der Waals surface area contributed by atoms with E-state index in [0.29, 0.717) is 42.4 Å². The zero-order chi connectivity index (χ0) is 29.5. The summed E-state index contributed by atoms with van der Waals surface area (Å²) in [5.41, 5.74) is 1.62. The Bertz CT molecular complexity index is 1490. The second-order valence-corrected chi connectivity index (χ2v) is 12.1. The number of alkyl halides is 3. The summed E-state index contributed by atoms with van der Waals surface area (Å²) in [6, 6.07) is 9.96. The third-order valence-corrected chi connectivity index (χ3v) is 8.43. The van der Waals surface area contributed by atoms with Crippen LogP contribution in [0.25, 0.3) is 0 Å². The van der Waals surface area contributed by atoms with Crippen molar-refractivity contribution in [2.75, 3.05) is 17.7 Å². The van der Waals surface area contributed by atoms with Crippen LogP contribution in [0.3, 0.4) is 0 Å². The molecule has 41 heavy (non-hydrogen) atoms. The maximum atomic E-state index is 14.0. The maximum Gasteiger partial charge on any atom is 0.421 e. The van der Waals surface area contributed by atoms with Crippen molar-refractivity contribution in [2.24, 2.45) is 0 Å². The van der Waals surface area contributed by atoms with Crippen LogP contribution in [0.2, 0.25) is 0 Å². The summed E-state index contributed by atoms with van der Waals surface area (Å²) >= 11 is 0. The highest BCUT2D eigenvalue weighted by molar-refractivity contribution is 7.37. The van der Waals surface area contributed by atoms with Gasteiger partial charge in [0.15, 0.2) is 8.03 Å². The number of hydrogen-bond donors (Lipinski definition) is 4. The van der Waals surface area contributed by atoms with E-state index in [1.165, 1.54) is 4.90 Å². The number of fused-ring (bicyclic) bond motifs is 1. The molecule has 9 nitrogen and oxygen atoms in total. The van der Waals surface area contributed by atoms with Gasteiger partial charge < -0.3 is 25.5 Å². The molecule has 5 rings (SSSR count). The third kappa shape index (κ3) is 6.39. The zero-order valence-corrected chi connectivity index (χ0v) is 23.5. The fourth-order valence-electron chi connectivity index (χ4n) is 5.50. The summed E-state index contributed by atoms with van der Waals surface area (Å²) in [5, 5.41) is 16.0. The Labute approximate surface area is 235 Å². The number of benzene rings is 2. The normalized spacial score (nSPS) is 21.5. The van der Waals surface area contributed by atoms with E-state index in [0.717, 1.165) is 24.0 Å². The fourth-order valence-corrected chi connectivity index (χ4v) is 6.08. The lowest BCUT2D eigenvalue weighted by atomic mass is 9.75. The summed E-state index contributed by atoms with van der Waals surface area (Å²) in [5.74, 6) is -0.756. The second kappa shape index (κ2) is 11.1.